The molecule has 0 saturated carbocycles. The van der Waals surface area contributed by atoms with Gasteiger partial charge in [-0.25, -0.2) is 0 Å². The van der Waals surface area contributed by atoms with E-state index in [1.54, 1.807) is 0 Å². The predicted molar refractivity (Wildman–Crippen MR) is 79.2 cm³/mol. The molecule has 88 valence electrons. The third-order valence-electron chi connectivity index (χ3n) is 2.41. The summed E-state index contributed by atoms with van der Waals surface area (Å²) in [6.45, 7) is 2.77. The standard InChI is InChI=1S/C14H14BrOP/c1-2-16-17-13-10-6-9-12(14(13)15)11-7-4-3-5-8-11/h3-10,17H,2H2,1H3. The largest absolute Gasteiger partial charge is 0.358 e. The fourth-order valence-corrected chi connectivity index (χ4v) is 3.03. The topological polar surface area (TPSA) is 9.23 Å². The summed E-state index contributed by atoms with van der Waals surface area (Å²) in [6, 6.07) is 16.7. The smallest absolute Gasteiger partial charge is 0.0481 e. The van der Waals surface area contributed by atoms with Crippen LogP contribution in [0.5, 0.6) is 0 Å². The van der Waals surface area contributed by atoms with Crippen LogP contribution in [0.4, 0.5) is 0 Å². The third-order valence-corrected chi connectivity index (χ3v) is 4.70. The number of benzene rings is 2. The molecule has 0 saturated heterocycles. The van der Waals surface area contributed by atoms with Gasteiger partial charge in [0.05, 0.1) is 0 Å². The Morgan fingerprint density at radius 2 is 1.82 bits per heavy atom. The molecule has 1 unspecified atom stereocenters. The molecule has 0 aliphatic heterocycles. The minimum atomic E-state index is 0.398. The number of rotatable bonds is 4. The Hall–Kier alpha value is -0.690. The number of halogens is 1. The highest BCUT2D eigenvalue weighted by molar-refractivity contribution is 9.10. The van der Waals surface area contributed by atoms with Gasteiger partial charge in [-0.05, 0) is 34.0 Å². The Morgan fingerprint density at radius 1 is 1.06 bits per heavy atom. The molecule has 0 aliphatic carbocycles. The van der Waals surface area contributed by atoms with Crippen molar-refractivity contribution in [1.29, 1.82) is 0 Å². The van der Waals surface area contributed by atoms with Gasteiger partial charge in [-0.15, -0.1) is 0 Å². The van der Waals surface area contributed by atoms with Crippen molar-refractivity contribution in [2.24, 2.45) is 0 Å². The van der Waals surface area contributed by atoms with Crippen molar-refractivity contribution in [3.63, 3.8) is 0 Å². The summed E-state index contributed by atoms with van der Waals surface area (Å²) < 4.78 is 6.63. The SMILES string of the molecule is CCOPc1cccc(-c2ccccc2)c1Br. The van der Waals surface area contributed by atoms with Gasteiger partial charge in [0.25, 0.3) is 0 Å². The van der Waals surface area contributed by atoms with Crippen molar-refractivity contribution in [2.45, 2.75) is 6.92 Å². The maximum Gasteiger partial charge on any atom is 0.0481 e. The lowest BCUT2D eigenvalue weighted by Crippen LogP contribution is -1.99. The first kappa shape index (κ1) is 12.8. The van der Waals surface area contributed by atoms with Crippen molar-refractivity contribution >= 4 is 30.0 Å². The third kappa shape index (κ3) is 3.16. The molecular weight excluding hydrogens is 295 g/mol. The summed E-state index contributed by atoms with van der Waals surface area (Å²) in [5, 5.41) is 1.22. The second kappa shape index (κ2) is 6.30. The van der Waals surface area contributed by atoms with Gasteiger partial charge in [0.15, 0.2) is 0 Å². The molecule has 2 aromatic carbocycles. The number of hydrogen-bond donors (Lipinski definition) is 0. The minimum Gasteiger partial charge on any atom is -0.358 e. The average Bonchev–Trinajstić information content (AvgIpc) is 2.39. The van der Waals surface area contributed by atoms with Gasteiger partial charge in [0.1, 0.15) is 0 Å². The fraction of sp³-hybridized carbons (Fsp3) is 0.143. The van der Waals surface area contributed by atoms with Crippen molar-refractivity contribution < 1.29 is 4.52 Å². The molecular formula is C14H14BrOP. The summed E-state index contributed by atoms with van der Waals surface area (Å²) in [5.41, 5.74) is 2.44. The zero-order chi connectivity index (χ0) is 12.1. The van der Waals surface area contributed by atoms with Crippen LogP contribution in [-0.2, 0) is 4.52 Å². The van der Waals surface area contributed by atoms with E-state index in [2.05, 4.69) is 58.4 Å². The normalized spacial score (nSPS) is 11.2. The first-order valence-electron chi connectivity index (χ1n) is 5.54. The predicted octanol–water partition coefficient (Wildman–Crippen LogP) is 4.37. The molecule has 2 rings (SSSR count). The van der Waals surface area contributed by atoms with E-state index in [1.165, 1.54) is 16.4 Å². The average molecular weight is 309 g/mol. The Labute approximate surface area is 112 Å². The van der Waals surface area contributed by atoms with Crippen LogP contribution >= 0.6 is 24.7 Å². The Kier molecular flexibility index (Phi) is 4.73. The van der Waals surface area contributed by atoms with Gasteiger partial charge < -0.3 is 4.52 Å². The van der Waals surface area contributed by atoms with Crippen LogP contribution in [0.25, 0.3) is 11.1 Å². The molecule has 0 heterocycles. The van der Waals surface area contributed by atoms with Gasteiger partial charge in [0, 0.05) is 25.2 Å². The van der Waals surface area contributed by atoms with Crippen LogP contribution in [0, 0.1) is 0 Å². The van der Waals surface area contributed by atoms with E-state index < -0.39 is 0 Å². The van der Waals surface area contributed by atoms with Gasteiger partial charge in [-0.1, -0.05) is 48.5 Å². The zero-order valence-electron chi connectivity index (χ0n) is 9.61. The van der Waals surface area contributed by atoms with E-state index in [9.17, 15) is 0 Å². The lowest BCUT2D eigenvalue weighted by Gasteiger charge is -2.09. The van der Waals surface area contributed by atoms with Crippen molar-refractivity contribution in [2.75, 3.05) is 6.61 Å². The van der Waals surface area contributed by atoms with E-state index in [0.29, 0.717) is 8.81 Å². The molecule has 1 atom stereocenters. The molecule has 0 amide bonds. The number of hydrogen-bond acceptors (Lipinski definition) is 1. The lowest BCUT2D eigenvalue weighted by molar-refractivity contribution is 0.394. The van der Waals surface area contributed by atoms with Gasteiger partial charge >= 0.3 is 0 Å². The second-order valence-electron chi connectivity index (χ2n) is 3.57. The van der Waals surface area contributed by atoms with Gasteiger partial charge in [0.2, 0.25) is 0 Å². The molecule has 1 nitrogen and oxygen atoms in total. The van der Waals surface area contributed by atoms with Crippen molar-refractivity contribution in [3.8, 4) is 11.1 Å². The van der Waals surface area contributed by atoms with Crippen molar-refractivity contribution in [1.82, 2.24) is 0 Å². The van der Waals surface area contributed by atoms with Crippen molar-refractivity contribution in [3.05, 3.63) is 53.0 Å². The Morgan fingerprint density at radius 3 is 2.53 bits per heavy atom. The highest BCUT2D eigenvalue weighted by Crippen LogP contribution is 2.30. The maximum atomic E-state index is 5.49. The van der Waals surface area contributed by atoms with Crippen LogP contribution in [0.3, 0.4) is 0 Å². The molecule has 0 N–H and O–H groups in total. The van der Waals surface area contributed by atoms with Crippen LogP contribution < -0.4 is 5.30 Å². The van der Waals surface area contributed by atoms with Crippen LogP contribution in [-0.4, -0.2) is 6.61 Å². The second-order valence-corrected chi connectivity index (χ2v) is 5.39. The maximum absolute atomic E-state index is 5.49. The van der Waals surface area contributed by atoms with E-state index in [4.69, 9.17) is 4.52 Å². The summed E-state index contributed by atoms with van der Waals surface area (Å²) in [5.74, 6) is 0. The molecule has 0 aliphatic rings. The monoisotopic (exact) mass is 308 g/mol. The Balaban J connectivity index is 2.36. The molecule has 0 bridgehead atoms. The lowest BCUT2D eigenvalue weighted by atomic mass is 10.1. The quantitative estimate of drug-likeness (QED) is 0.762. The zero-order valence-corrected chi connectivity index (χ0v) is 12.2. The van der Waals surface area contributed by atoms with E-state index in [1.807, 2.05) is 13.0 Å². The first-order valence-corrected chi connectivity index (χ1v) is 7.24. The van der Waals surface area contributed by atoms with Gasteiger partial charge in [-0.3, -0.25) is 0 Å². The summed E-state index contributed by atoms with van der Waals surface area (Å²) >= 11 is 3.68. The van der Waals surface area contributed by atoms with E-state index in [0.717, 1.165) is 11.1 Å². The molecule has 0 radical (unpaired) electrons. The summed E-state index contributed by atoms with van der Waals surface area (Å²) in [7, 11) is 0.398. The summed E-state index contributed by atoms with van der Waals surface area (Å²) in [4.78, 5) is 0. The summed E-state index contributed by atoms with van der Waals surface area (Å²) in [6.07, 6.45) is 0. The molecule has 0 fully saturated rings. The van der Waals surface area contributed by atoms with Gasteiger partial charge in [-0.2, -0.15) is 0 Å². The highest BCUT2D eigenvalue weighted by Gasteiger charge is 2.07. The Bertz CT molecular complexity index is 485. The van der Waals surface area contributed by atoms with E-state index >= 15 is 0 Å². The van der Waals surface area contributed by atoms with Crippen LogP contribution in [0.15, 0.2) is 53.0 Å². The molecule has 3 heteroatoms. The van der Waals surface area contributed by atoms with Crippen LogP contribution in [0.1, 0.15) is 6.92 Å². The van der Waals surface area contributed by atoms with E-state index in [-0.39, 0.29) is 0 Å². The molecule has 0 spiro atoms. The molecule has 17 heavy (non-hydrogen) atoms. The molecule has 2 aromatic rings. The fourth-order valence-electron chi connectivity index (χ4n) is 1.60. The van der Waals surface area contributed by atoms with Crippen LogP contribution in [0.2, 0.25) is 0 Å². The first-order chi connectivity index (χ1) is 8.33. The minimum absolute atomic E-state index is 0.398. The highest BCUT2D eigenvalue weighted by atomic mass is 79.9. The molecule has 0 aromatic heterocycles.